The number of aromatic nitrogens is 2. The average molecular weight is 436 g/mol. The number of rotatable bonds is 9. The van der Waals surface area contributed by atoms with Gasteiger partial charge in [-0.05, 0) is 41.8 Å². The predicted octanol–water partition coefficient (Wildman–Crippen LogP) is 2.75. The lowest BCUT2D eigenvalue weighted by molar-refractivity contribution is 0.238. The number of fused-ring (bicyclic) bond motifs is 1. The first kappa shape index (κ1) is 23.8. The number of nitrogens with one attached hydrogen (secondary N) is 1. The van der Waals surface area contributed by atoms with Gasteiger partial charge >= 0.3 is 5.69 Å². The van der Waals surface area contributed by atoms with Crippen molar-refractivity contribution in [1.29, 1.82) is 0 Å². The number of aliphatic hydroxyl groups is 1. The van der Waals surface area contributed by atoms with E-state index in [2.05, 4.69) is 5.32 Å². The van der Waals surface area contributed by atoms with Gasteiger partial charge in [0.15, 0.2) is 11.5 Å². The summed E-state index contributed by atoms with van der Waals surface area (Å²) in [6, 6.07) is 11.8. The smallest absolute Gasteiger partial charge is 0.328 e. The molecule has 3 rings (SSSR count). The Hall–Kier alpha value is -2.48. The molecule has 1 heterocycles. The molecule has 2 N–H and O–H groups in total. The first-order valence-corrected chi connectivity index (χ1v) is 9.76. The fraction of sp³-hybridized carbons (Fsp3) is 0.409. The van der Waals surface area contributed by atoms with Crippen molar-refractivity contribution < 1.29 is 14.6 Å². The molecule has 2 aromatic carbocycles. The van der Waals surface area contributed by atoms with Gasteiger partial charge in [0.25, 0.3) is 0 Å². The molecule has 0 spiro atoms. The average Bonchev–Trinajstić information content (AvgIpc) is 2.97. The maximum Gasteiger partial charge on any atom is 0.328 e. The van der Waals surface area contributed by atoms with Crippen molar-refractivity contribution in [3.63, 3.8) is 0 Å². The molecule has 1 unspecified atom stereocenters. The summed E-state index contributed by atoms with van der Waals surface area (Å²) in [5.74, 6) is 1.32. The molecule has 0 bridgehead atoms. The van der Waals surface area contributed by atoms with Crippen LogP contribution in [0.2, 0.25) is 0 Å². The van der Waals surface area contributed by atoms with Gasteiger partial charge in [0.1, 0.15) is 6.61 Å². The largest absolute Gasteiger partial charge is 0.493 e. The van der Waals surface area contributed by atoms with Gasteiger partial charge in [0, 0.05) is 26.7 Å². The van der Waals surface area contributed by atoms with E-state index in [4.69, 9.17) is 9.47 Å². The van der Waals surface area contributed by atoms with Crippen molar-refractivity contribution in [1.82, 2.24) is 14.5 Å². The number of nitrogens with zero attached hydrogens (tertiary/aromatic N) is 2. The third-order valence-corrected chi connectivity index (χ3v) is 5.27. The highest BCUT2D eigenvalue weighted by Crippen LogP contribution is 2.29. The molecule has 7 nitrogen and oxygen atoms in total. The summed E-state index contributed by atoms with van der Waals surface area (Å²) in [7, 11) is 5.16. The van der Waals surface area contributed by atoms with Crippen molar-refractivity contribution >= 4 is 23.4 Å². The van der Waals surface area contributed by atoms with Crippen LogP contribution in [0.1, 0.15) is 24.5 Å². The number of halogens is 1. The zero-order valence-electron chi connectivity index (χ0n) is 17.8. The lowest BCUT2D eigenvalue weighted by Crippen LogP contribution is -2.31. The Bertz CT molecular complexity index is 1040. The molecule has 0 saturated heterocycles. The van der Waals surface area contributed by atoms with Crippen molar-refractivity contribution in [3.05, 3.63) is 58.0 Å². The van der Waals surface area contributed by atoms with Gasteiger partial charge in [-0.1, -0.05) is 19.1 Å². The number of methoxy groups -OCH3 is 1. The van der Waals surface area contributed by atoms with Gasteiger partial charge in [0.05, 0.1) is 24.8 Å². The third-order valence-electron chi connectivity index (χ3n) is 5.27. The summed E-state index contributed by atoms with van der Waals surface area (Å²) in [5.41, 5.74) is 3.75. The van der Waals surface area contributed by atoms with E-state index >= 15 is 0 Å². The number of hydrogen-bond donors (Lipinski definition) is 2. The van der Waals surface area contributed by atoms with E-state index in [9.17, 15) is 9.90 Å². The van der Waals surface area contributed by atoms with Crippen LogP contribution in [0.5, 0.6) is 11.5 Å². The van der Waals surface area contributed by atoms with Gasteiger partial charge in [-0.3, -0.25) is 9.13 Å². The monoisotopic (exact) mass is 435 g/mol. The Labute approximate surface area is 182 Å². The minimum atomic E-state index is -0.0459. The number of imidazole rings is 1. The number of ether oxygens (including phenoxy) is 2. The second kappa shape index (κ2) is 10.5. The molecule has 0 amide bonds. The van der Waals surface area contributed by atoms with Crippen LogP contribution in [-0.4, -0.2) is 34.0 Å². The van der Waals surface area contributed by atoms with Gasteiger partial charge in [-0.15, -0.1) is 12.4 Å². The van der Waals surface area contributed by atoms with Crippen LogP contribution in [-0.2, 0) is 27.2 Å². The van der Waals surface area contributed by atoms with Gasteiger partial charge in [-0.25, -0.2) is 4.79 Å². The Balaban J connectivity index is 0.00000320. The van der Waals surface area contributed by atoms with Crippen molar-refractivity contribution in [2.75, 3.05) is 13.7 Å². The highest BCUT2D eigenvalue weighted by Gasteiger charge is 2.11. The zero-order chi connectivity index (χ0) is 21.0. The van der Waals surface area contributed by atoms with Gasteiger partial charge < -0.3 is 19.9 Å². The number of hydrogen-bond acceptors (Lipinski definition) is 5. The van der Waals surface area contributed by atoms with Crippen molar-refractivity contribution in [2.24, 2.45) is 14.1 Å². The summed E-state index contributed by atoms with van der Waals surface area (Å²) in [5, 5.41) is 12.6. The lowest BCUT2D eigenvalue weighted by atomic mass is 10.1. The minimum absolute atomic E-state index is 0. The molecule has 1 atom stereocenters. The molecule has 30 heavy (non-hydrogen) atoms. The fourth-order valence-electron chi connectivity index (χ4n) is 3.34. The molecule has 8 heteroatoms. The molecule has 3 aromatic rings. The second-order valence-electron chi connectivity index (χ2n) is 7.17. The molecule has 0 radical (unpaired) electrons. The van der Waals surface area contributed by atoms with Crippen LogP contribution < -0.4 is 20.5 Å². The van der Waals surface area contributed by atoms with Crippen LogP contribution >= 0.6 is 12.4 Å². The topological polar surface area (TPSA) is 77.6 Å². The lowest BCUT2D eigenvalue weighted by Gasteiger charge is -2.16. The summed E-state index contributed by atoms with van der Waals surface area (Å²) >= 11 is 0. The standard InChI is InChI=1S/C22H29N3O4.ClH/c1-5-17(13-26)23-12-15-7-9-20(21(11-15)28-4)29-14-16-6-8-18-19(10-16)25(3)22(27)24(18)2;/h6-11,17,23,26H,5,12-14H2,1-4H3;1H. The Kier molecular flexibility index (Phi) is 8.34. The highest BCUT2D eigenvalue weighted by molar-refractivity contribution is 5.85. The Morgan fingerprint density at radius 2 is 1.73 bits per heavy atom. The van der Waals surface area contributed by atoms with Crippen molar-refractivity contribution in [3.8, 4) is 11.5 Å². The summed E-state index contributed by atoms with van der Waals surface area (Å²) < 4.78 is 14.7. The number of benzene rings is 2. The second-order valence-corrected chi connectivity index (χ2v) is 7.17. The van der Waals surface area contributed by atoms with Crippen molar-refractivity contribution in [2.45, 2.75) is 32.5 Å². The van der Waals surface area contributed by atoms with E-state index < -0.39 is 0 Å². The van der Waals surface area contributed by atoms with Crippen LogP contribution in [0.4, 0.5) is 0 Å². The molecule has 0 fully saturated rings. The zero-order valence-corrected chi connectivity index (χ0v) is 18.7. The SMILES string of the molecule is CCC(CO)NCc1ccc(OCc2ccc3c(c2)n(C)c(=O)n3C)c(OC)c1.Cl. The van der Waals surface area contributed by atoms with E-state index in [1.165, 1.54) is 0 Å². The first-order valence-electron chi connectivity index (χ1n) is 9.76. The molecular formula is C22H30ClN3O4. The maximum absolute atomic E-state index is 12.1. The van der Waals surface area contributed by atoms with Crippen LogP contribution in [0.3, 0.4) is 0 Å². The molecule has 1 aromatic heterocycles. The minimum Gasteiger partial charge on any atom is -0.493 e. The molecular weight excluding hydrogens is 406 g/mol. The summed E-state index contributed by atoms with van der Waals surface area (Å²) in [4.78, 5) is 12.1. The maximum atomic E-state index is 12.1. The fourth-order valence-corrected chi connectivity index (χ4v) is 3.34. The molecule has 0 aliphatic heterocycles. The van der Waals surface area contributed by atoms with Crippen LogP contribution in [0, 0.1) is 0 Å². The Morgan fingerprint density at radius 1 is 1.03 bits per heavy atom. The Morgan fingerprint density at radius 3 is 2.40 bits per heavy atom. The quantitative estimate of drug-likeness (QED) is 0.540. The summed E-state index contributed by atoms with van der Waals surface area (Å²) in [6.45, 7) is 3.17. The van der Waals surface area contributed by atoms with E-state index in [0.29, 0.717) is 24.7 Å². The predicted molar refractivity (Wildman–Crippen MR) is 121 cm³/mol. The summed E-state index contributed by atoms with van der Waals surface area (Å²) in [6.07, 6.45) is 0.867. The highest BCUT2D eigenvalue weighted by atomic mass is 35.5. The molecule has 0 aliphatic carbocycles. The third kappa shape index (κ3) is 4.98. The van der Waals surface area contributed by atoms with Crippen LogP contribution in [0.15, 0.2) is 41.2 Å². The van der Waals surface area contributed by atoms with Crippen LogP contribution in [0.25, 0.3) is 11.0 Å². The molecule has 0 aliphatic rings. The first-order chi connectivity index (χ1) is 14.0. The van der Waals surface area contributed by atoms with Gasteiger partial charge in [-0.2, -0.15) is 0 Å². The van der Waals surface area contributed by atoms with Gasteiger partial charge in [0.2, 0.25) is 0 Å². The molecule has 164 valence electrons. The van der Waals surface area contributed by atoms with E-state index in [1.54, 1.807) is 30.3 Å². The normalized spacial score (nSPS) is 11.9. The number of aliphatic hydroxyl groups excluding tert-OH is 1. The van der Waals surface area contributed by atoms with E-state index in [0.717, 1.165) is 28.6 Å². The number of aryl methyl sites for hydroxylation is 2. The van der Waals surface area contributed by atoms with E-state index in [1.807, 2.05) is 43.3 Å². The molecule has 0 saturated carbocycles. The van der Waals surface area contributed by atoms with E-state index in [-0.39, 0.29) is 30.7 Å².